The van der Waals surface area contributed by atoms with E-state index in [9.17, 15) is 49.0 Å². The van der Waals surface area contributed by atoms with Gasteiger partial charge < -0.3 is 20.4 Å². The van der Waals surface area contributed by atoms with Crippen molar-refractivity contribution in [2.45, 2.75) is 38.1 Å². The summed E-state index contributed by atoms with van der Waals surface area (Å²) >= 11 is 0. The van der Waals surface area contributed by atoms with E-state index in [-0.39, 0.29) is 100 Å². The van der Waals surface area contributed by atoms with Crippen molar-refractivity contribution < 1.29 is 38.6 Å². The summed E-state index contributed by atoms with van der Waals surface area (Å²) in [4.78, 5) is 112. The molecule has 19 heteroatoms. The van der Waals surface area contributed by atoms with Gasteiger partial charge in [0, 0.05) is 103 Å². The average molecular weight is 903 g/mol. The number of carbonyl (C=O) groups is 6. The molecule has 2 saturated heterocycles. The zero-order valence-corrected chi connectivity index (χ0v) is 35.8. The summed E-state index contributed by atoms with van der Waals surface area (Å²) in [7, 11) is 0. The van der Waals surface area contributed by atoms with Gasteiger partial charge >= 0.3 is 0 Å². The molecular formula is C46H43ClN8O10. The molecule has 0 unspecified atom stereocenters. The predicted molar refractivity (Wildman–Crippen MR) is 241 cm³/mol. The van der Waals surface area contributed by atoms with Crippen LogP contribution in [0.1, 0.15) is 94.3 Å². The predicted octanol–water partition coefficient (Wildman–Crippen LogP) is 5.74. The van der Waals surface area contributed by atoms with Gasteiger partial charge in [-0.1, -0.05) is 30.7 Å². The largest absolute Gasteiger partial charge is 0.351 e. The third-order valence-corrected chi connectivity index (χ3v) is 12.6. The smallest absolute Gasteiger partial charge is 0.270 e. The van der Waals surface area contributed by atoms with Gasteiger partial charge in [0.15, 0.2) is 0 Å². The van der Waals surface area contributed by atoms with E-state index in [0.29, 0.717) is 35.3 Å². The Morgan fingerprint density at radius 3 is 1.80 bits per heavy atom. The average Bonchev–Trinajstić information content (AvgIpc) is 3.31. The van der Waals surface area contributed by atoms with Crippen LogP contribution in [0.5, 0.6) is 0 Å². The second-order valence-electron chi connectivity index (χ2n) is 16.4. The molecule has 0 atom stereocenters. The Bertz CT molecular complexity index is 2860. The molecular weight excluding hydrogens is 860 g/mol. The number of non-ortho nitro benzene ring substituents is 2. The van der Waals surface area contributed by atoms with Crippen LogP contribution in [0.3, 0.4) is 0 Å². The molecule has 0 aliphatic carbocycles. The number of nitrogens with zero attached hydrogens (tertiary/aromatic N) is 6. The van der Waals surface area contributed by atoms with Crippen molar-refractivity contribution in [3.63, 3.8) is 0 Å². The van der Waals surface area contributed by atoms with Crippen LogP contribution >= 0.6 is 12.4 Å². The number of nitrogens with one attached hydrogen (secondary N) is 2. The maximum Gasteiger partial charge on any atom is 0.270 e. The highest BCUT2D eigenvalue weighted by atomic mass is 35.5. The number of rotatable bonds is 12. The fourth-order valence-corrected chi connectivity index (χ4v) is 9.46. The number of carbonyl (C=O) groups excluding carboxylic acids is 6. The monoisotopic (exact) mass is 902 g/mol. The summed E-state index contributed by atoms with van der Waals surface area (Å²) in [5, 5.41) is 30.7. The highest BCUT2D eigenvalue weighted by molar-refractivity contribution is 6.36. The molecule has 6 amide bonds. The Morgan fingerprint density at radius 2 is 1.18 bits per heavy atom. The molecule has 65 heavy (non-hydrogen) atoms. The maximum atomic E-state index is 14.2. The van der Waals surface area contributed by atoms with Crippen molar-refractivity contribution in [3.05, 3.63) is 132 Å². The molecule has 2 N–H and O–H groups in total. The minimum absolute atomic E-state index is 0. The SMILES string of the molecule is Cl.O=C(NCCNCCN1C(=O)c2cccc3cc([N+](=O)[O-])cc(c23)C1=O)c1cc(C(=O)N2CCC(N3CCCCC3)CC2)cc(N2C(=O)c3cccc4cc([N+](=O)[O-])cc(c34)C2=O)c1. The van der Waals surface area contributed by atoms with Gasteiger partial charge in [0.25, 0.3) is 46.8 Å². The maximum absolute atomic E-state index is 14.2. The van der Waals surface area contributed by atoms with Gasteiger partial charge in [-0.05, 0) is 79.9 Å². The first-order valence-electron chi connectivity index (χ1n) is 21.2. The lowest BCUT2D eigenvalue weighted by atomic mass is 9.92. The Hall–Kier alpha value is -7.15. The van der Waals surface area contributed by atoms with Gasteiger partial charge in [0.2, 0.25) is 0 Å². The van der Waals surface area contributed by atoms with Gasteiger partial charge in [0.1, 0.15) is 0 Å². The summed E-state index contributed by atoms with van der Waals surface area (Å²) in [6.07, 6.45) is 5.07. The topological polar surface area (TPSA) is 226 Å². The summed E-state index contributed by atoms with van der Waals surface area (Å²) in [6.45, 7) is 3.32. The van der Waals surface area contributed by atoms with Crippen LogP contribution in [0.4, 0.5) is 17.1 Å². The van der Waals surface area contributed by atoms with E-state index in [1.54, 1.807) is 35.2 Å². The van der Waals surface area contributed by atoms with E-state index in [1.807, 2.05) is 0 Å². The Kier molecular flexibility index (Phi) is 12.4. The molecule has 0 spiro atoms. The van der Waals surface area contributed by atoms with E-state index >= 15 is 0 Å². The first kappa shape index (κ1) is 44.5. The van der Waals surface area contributed by atoms with Crippen LogP contribution in [0.25, 0.3) is 21.5 Å². The van der Waals surface area contributed by atoms with Gasteiger partial charge in [-0.2, -0.15) is 0 Å². The van der Waals surface area contributed by atoms with E-state index in [0.717, 1.165) is 54.6 Å². The number of anilines is 1. The normalized spacial score (nSPS) is 16.5. The fourth-order valence-electron chi connectivity index (χ4n) is 9.46. The molecule has 5 aromatic rings. The number of nitro benzene ring substituents is 2. The fraction of sp³-hybridized carbons (Fsp3) is 0.304. The van der Waals surface area contributed by atoms with Crippen LogP contribution in [0, 0.1) is 20.2 Å². The van der Waals surface area contributed by atoms with Crippen molar-refractivity contribution in [2.75, 3.05) is 57.3 Å². The molecule has 4 aliphatic rings. The van der Waals surface area contributed by atoms with Gasteiger partial charge in [-0.15, -0.1) is 12.4 Å². The van der Waals surface area contributed by atoms with E-state index in [4.69, 9.17) is 0 Å². The number of hydrogen-bond acceptors (Lipinski definition) is 12. The molecule has 4 aliphatic heterocycles. The molecule has 2 fully saturated rings. The first-order chi connectivity index (χ1) is 30.9. The standard InChI is InChI=1S/C46H42N8O10.ClH/c55-41(48-13-12-47-14-19-51-43(57)35-8-4-6-27-21-33(53(61)62)25-37(39(27)35)44(51)58)29-20-30(42(56)50-17-10-31(11-18-50)49-15-2-1-3-16-49)24-32(23-29)52-45(59)36-9-5-7-28-22-34(54(63)64)26-38(40(28)36)46(52)60;/h4-9,20-26,31,47H,1-3,10-19H2,(H,48,55);1H. The van der Waals surface area contributed by atoms with Gasteiger partial charge in [-0.3, -0.25) is 53.9 Å². The molecule has 4 heterocycles. The first-order valence-corrected chi connectivity index (χ1v) is 21.2. The molecule has 334 valence electrons. The number of benzene rings is 5. The summed E-state index contributed by atoms with van der Waals surface area (Å²) in [5.74, 6) is -3.75. The Labute approximate surface area is 377 Å². The summed E-state index contributed by atoms with van der Waals surface area (Å²) in [5.41, 5.74) is -0.213. The highest BCUT2D eigenvalue weighted by Gasteiger charge is 2.38. The number of imide groups is 2. The second kappa shape index (κ2) is 18.1. The van der Waals surface area contributed by atoms with Crippen LogP contribution in [0.2, 0.25) is 0 Å². The Morgan fingerprint density at radius 1 is 0.631 bits per heavy atom. The van der Waals surface area contributed by atoms with E-state index < -0.39 is 39.4 Å². The van der Waals surface area contributed by atoms with Crippen LogP contribution in [-0.4, -0.2) is 118 Å². The van der Waals surface area contributed by atoms with Gasteiger partial charge in [-0.25, -0.2) is 4.90 Å². The summed E-state index contributed by atoms with van der Waals surface area (Å²) in [6, 6.07) is 18.9. The molecule has 0 aromatic heterocycles. The molecule has 5 aromatic carbocycles. The number of piperidine rings is 2. The van der Waals surface area contributed by atoms with Crippen LogP contribution in [-0.2, 0) is 0 Å². The quantitative estimate of drug-likeness (QED) is 0.0662. The van der Waals surface area contributed by atoms with Crippen LogP contribution in [0.15, 0.2) is 78.9 Å². The zero-order valence-electron chi connectivity index (χ0n) is 34.9. The number of amides is 6. The number of halogens is 1. The number of hydrogen-bond donors (Lipinski definition) is 2. The number of nitro groups is 2. The zero-order chi connectivity index (χ0) is 44.8. The van der Waals surface area contributed by atoms with Crippen molar-refractivity contribution >= 4 is 86.5 Å². The van der Waals surface area contributed by atoms with Crippen molar-refractivity contribution in [3.8, 4) is 0 Å². The second-order valence-corrected chi connectivity index (χ2v) is 16.4. The Balaban J connectivity index is 0.00000576. The van der Waals surface area contributed by atoms with Gasteiger partial charge in [0.05, 0.1) is 26.7 Å². The molecule has 18 nitrogen and oxygen atoms in total. The molecule has 0 saturated carbocycles. The van der Waals surface area contributed by atoms with E-state index in [2.05, 4.69) is 15.5 Å². The lowest BCUT2D eigenvalue weighted by Crippen LogP contribution is -2.48. The van der Waals surface area contributed by atoms with E-state index in [1.165, 1.54) is 48.9 Å². The van der Waals surface area contributed by atoms with Crippen LogP contribution < -0.4 is 15.5 Å². The van der Waals surface area contributed by atoms with Crippen molar-refractivity contribution in [2.24, 2.45) is 0 Å². The number of likely N-dealkylation sites (tertiary alicyclic amines) is 2. The molecule has 9 rings (SSSR count). The minimum Gasteiger partial charge on any atom is -0.351 e. The lowest BCUT2D eigenvalue weighted by Gasteiger charge is -2.40. The van der Waals surface area contributed by atoms with Crippen molar-refractivity contribution in [1.82, 2.24) is 25.3 Å². The highest BCUT2D eigenvalue weighted by Crippen LogP contribution is 2.37. The third-order valence-electron chi connectivity index (χ3n) is 12.6. The lowest BCUT2D eigenvalue weighted by molar-refractivity contribution is -0.384. The third kappa shape index (κ3) is 8.27. The minimum atomic E-state index is -0.844. The summed E-state index contributed by atoms with van der Waals surface area (Å²) < 4.78 is 0. The molecule has 0 bridgehead atoms. The van der Waals surface area contributed by atoms with Crippen molar-refractivity contribution in [1.29, 1.82) is 0 Å². The molecule has 0 radical (unpaired) electrons.